The Morgan fingerprint density at radius 2 is 2.29 bits per heavy atom. The molecule has 17 heavy (non-hydrogen) atoms. The van der Waals surface area contributed by atoms with Crippen LogP contribution in [-0.4, -0.2) is 9.55 Å². The van der Waals surface area contributed by atoms with Gasteiger partial charge in [0.1, 0.15) is 5.82 Å². The molecule has 0 unspecified atom stereocenters. The fourth-order valence-corrected chi connectivity index (χ4v) is 2.45. The fraction of sp³-hybridized carbons (Fsp3) is 0.385. The first-order chi connectivity index (χ1) is 8.16. The maximum Gasteiger partial charge on any atom is 0.261 e. The van der Waals surface area contributed by atoms with Gasteiger partial charge >= 0.3 is 0 Å². The molecule has 4 nitrogen and oxygen atoms in total. The minimum atomic E-state index is -0.109. The summed E-state index contributed by atoms with van der Waals surface area (Å²) in [5.74, 6) is 0.734. The zero-order valence-corrected chi connectivity index (χ0v) is 9.81. The second-order valence-electron chi connectivity index (χ2n) is 4.70. The van der Waals surface area contributed by atoms with Crippen LogP contribution in [0.3, 0.4) is 0 Å². The second kappa shape index (κ2) is 3.67. The molecule has 1 aromatic carbocycles. The third-order valence-corrected chi connectivity index (χ3v) is 3.37. The normalized spacial score (nSPS) is 19.3. The molecule has 0 saturated heterocycles. The molecule has 0 aliphatic carbocycles. The van der Waals surface area contributed by atoms with Crippen LogP contribution in [-0.2, 0) is 6.54 Å². The van der Waals surface area contributed by atoms with Gasteiger partial charge in [0.05, 0.1) is 16.9 Å². The third kappa shape index (κ3) is 1.56. The summed E-state index contributed by atoms with van der Waals surface area (Å²) in [6, 6.07) is 5.66. The number of aromatic nitrogens is 2. The number of hydrogen-bond acceptors (Lipinski definition) is 3. The van der Waals surface area contributed by atoms with Crippen LogP contribution in [0.5, 0.6) is 0 Å². The average molecular weight is 229 g/mol. The van der Waals surface area contributed by atoms with Gasteiger partial charge in [-0.25, -0.2) is 4.98 Å². The molecule has 3 rings (SSSR count). The zero-order valence-electron chi connectivity index (χ0n) is 9.81. The van der Waals surface area contributed by atoms with Gasteiger partial charge in [-0.1, -0.05) is 11.6 Å². The summed E-state index contributed by atoms with van der Waals surface area (Å²) in [5, 5.41) is 0.697. The number of aryl methyl sites for hydroxylation is 1. The van der Waals surface area contributed by atoms with Gasteiger partial charge in [-0.3, -0.25) is 9.36 Å². The monoisotopic (exact) mass is 229 g/mol. The Morgan fingerprint density at radius 3 is 3.12 bits per heavy atom. The number of fused-ring (bicyclic) bond motifs is 2. The number of nitrogens with zero attached hydrogens (tertiary/aromatic N) is 2. The highest BCUT2D eigenvalue weighted by Gasteiger charge is 2.20. The van der Waals surface area contributed by atoms with Crippen molar-refractivity contribution in [1.82, 2.24) is 9.55 Å². The molecule has 1 atom stereocenters. The summed E-state index contributed by atoms with van der Waals surface area (Å²) in [4.78, 5) is 16.9. The molecule has 0 bridgehead atoms. The summed E-state index contributed by atoms with van der Waals surface area (Å²) in [7, 11) is 0. The summed E-state index contributed by atoms with van der Waals surface area (Å²) in [6.45, 7) is 2.72. The Labute approximate surface area is 99.1 Å². The molecule has 0 saturated carbocycles. The van der Waals surface area contributed by atoms with Crippen molar-refractivity contribution in [3.8, 4) is 0 Å². The Kier molecular flexibility index (Phi) is 2.26. The highest BCUT2D eigenvalue weighted by Crippen LogP contribution is 2.21. The SMILES string of the molecule is Cc1ccc2nc3n(c(=O)c2c1)CCC[C@H]3N. The molecular weight excluding hydrogens is 214 g/mol. The van der Waals surface area contributed by atoms with E-state index in [2.05, 4.69) is 4.98 Å². The fourth-order valence-electron chi connectivity index (χ4n) is 2.45. The van der Waals surface area contributed by atoms with Gasteiger partial charge in [-0.15, -0.1) is 0 Å². The third-order valence-electron chi connectivity index (χ3n) is 3.37. The molecule has 0 radical (unpaired) electrons. The van der Waals surface area contributed by atoms with Crippen LogP contribution in [0.2, 0.25) is 0 Å². The highest BCUT2D eigenvalue weighted by molar-refractivity contribution is 5.78. The predicted molar refractivity (Wildman–Crippen MR) is 66.9 cm³/mol. The van der Waals surface area contributed by atoms with Crippen LogP contribution in [0.4, 0.5) is 0 Å². The van der Waals surface area contributed by atoms with Crippen LogP contribution in [0.15, 0.2) is 23.0 Å². The predicted octanol–water partition coefficient (Wildman–Crippen LogP) is 1.50. The molecule has 4 heteroatoms. The molecule has 2 heterocycles. The zero-order chi connectivity index (χ0) is 12.0. The van der Waals surface area contributed by atoms with E-state index in [1.54, 1.807) is 4.57 Å². The van der Waals surface area contributed by atoms with Crippen molar-refractivity contribution in [3.63, 3.8) is 0 Å². The van der Waals surface area contributed by atoms with Crippen molar-refractivity contribution in [2.24, 2.45) is 5.73 Å². The van der Waals surface area contributed by atoms with Gasteiger partial charge in [0, 0.05) is 6.54 Å². The lowest BCUT2D eigenvalue weighted by Crippen LogP contribution is -2.33. The van der Waals surface area contributed by atoms with Crippen LogP contribution in [0, 0.1) is 6.92 Å². The molecule has 0 spiro atoms. The summed E-state index contributed by atoms with van der Waals surface area (Å²) < 4.78 is 1.73. The van der Waals surface area contributed by atoms with E-state index >= 15 is 0 Å². The number of hydrogen-bond donors (Lipinski definition) is 1. The second-order valence-corrected chi connectivity index (χ2v) is 4.70. The van der Waals surface area contributed by atoms with E-state index in [1.807, 2.05) is 25.1 Å². The Morgan fingerprint density at radius 1 is 1.47 bits per heavy atom. The summed E-state index contributed by atoms with van der Waals surface area (Å²) in [6.07, 6.45) is 1.86. The number of nitrogens with two attached hydrogens (primary N) is 1. The van der Waals surface area contributed by atoms with Gasteiger partial charge in [0.2, 0.25) is 0 Å². The number of rotatable bonds is 0. The van der Waals surface area contributed by atoms with Crippen molar-refractivity contribution in [2.45, 2.75) is 32.4 Å². The Bertz CT molecular complexity index is 645. The van der Waals surface area contributed by atoms with E-state index in [0.29, 0.717) is 5.39 Å². The smallest absolute Gasteiger partial charge is 0.261 e. The largest absolute Gasteiger partial charge is 0.321 e. The topological polar surface area (TPSA) is 60.9 Å². The van der Waals surface area contributed by atoms with E-state index in [-0.39, 0.29) is 11.6 Å². The van der Waals surface area contributed by atoms with Crippen LogP contribution >= 0.6 is 0 Å². The first-order valence-electron chi connectivity index (χ1n) is 5.93. The van der Waals surface area contributed by atoms with Gasteiger partial charge in [0.15, 0.2) is 0 Å². The summed E-state index contributed by atoms with van der Waals surface area (Å²) in [5.41, 5.74) is 7.89. The van der Waals surface area contributed by atoms with Crippen LogP contribution in [0.25, 0.3) is 10.9 Å². The maximum absolute atomic E-state index is 12.3. The van der Waals surface area contributed by atoms with E-state index in [0.717, 1.165) is 36.3 Å². The molecule has 88 valence electrons. The van der Waals surface area contributed by atoms with Crippen LogP contribution < -0.4 is 11.3 Å². The molecule has 1 aliphatic rings. The standard InChI is InChI=1S/C13H15N3O/c1-8-4-5-11-9(7-8)13(17)16-6-2-3-10(14)12(16)15-11/h4-5,7,10H,2-3,6,14H2,1H3/t10-/m1/s1. The van der Waals surface area contributed by atoms with Gasteiger partial charge in [-0.05, 0) is 31.9 Å². The van der Waals surface area contributed by atoms with Gasteiger partial charge < -0.3 is 5.73 Å². The molecule has 0 fully saturated rings. The Balaban J connectivity index is 2.39. The molecule has 1 aromatic heterocycles. The van der Waals surface area contributed by atoms with E-state index in [4.69, 9.17) is 5.73 Å². The van der Waals surface area contributed by atoms with Crippen molar-refractivity contribution >= 4 is 10.9 Å². The van der Waals surface area contributed by atoms with E-state index in [1.165, 1.54) is 0 Å². The van der Waals surface area contributed by atoms with Gasteiger partial charge in [-0.2, -0.15) is 0 Å². The highest BCUT2D eigenvalue weighted by atomic mass is 16.1. The van der Waals surface area contributed by atoms with Crippen molar-refractivity contribution in [3.05, 3.63) is 39.9 Å². The van der Waals surface area contributed by atoms with Gasteiger partial charge in [0.25, 0.3) is 5.56 Å². The first-order valence-corrected chi connectivity index (χ1v) is 5.93. The molecule has 2 aromatic rings. The molecule has 1 aliphatic heterocycles. The molecule has 2 N–H and O–H groups in total. The quantitative estimate of drug-likeness (QED) is 0.744. The lowest BCUT2D eigenvalue weighted by molar-refractivity contribution is 0.435. The average Bonchev–Trinajstić information content (AvgIpc) is 2.32. The van der Waals surface area contributed by atoms with E-state index in [9.17, 15) is 4.79 Å². The lowest BCUT2D eigenvalue weighted by Gasteiger charge is -2.23. The lowest BCUT2D eigenvalue weighted by atomic mass is 10.1. The minimum Gasteiger partial charge on any atom is -0.321 e. The first kappa shape index (κ1) is 10.5. The van der Waals surface area contributed by atoms with Crippen molar-refractivity contribution in [2.75, 3.05) is 0 Å². The Hall–Kier alpha value is -1.68. The van der Waals surface area contributed by atoms with Crippen molar-refractivity contribution in [1.29, 1.82) is 0 Å². The maximum atomic E-state index is 12.3. The van der Waals surface area contributed by atoms with E-state index < -0.39 is 0 Å². The number of benzene rings is 1. The van der Waals surface area contributed by atoms with Crippen LogP contribution in [0.1, 0.15) is 30.3 Å². The molecule has 0 amide bonds. The van der Waals surface area contributed by atoms with Crippen molar-refractivity contribution < 1.29 is 0 Å². The molecular formula is C13H15N3O. The minimum absolute atomic E-state index is 0.0452. The summed E-state index contributed by atoms with van der Waals surface area (Å²) >= 11 is 0.